The van der Waals surface area contributed by atoms with Crippen LogP contribution in [0.15, 0.2) is 18.2 Å². The molecule has 0 bridgehead atoms. The second kappa shape index (κ2) is 4.85. The van der Waals surface area contributed by atoms with Gasteiger partial charge in [-0.1, -0.05) is 6.07 Å². The van der Waals surface area contributed by atoms with Crippen molar-refractivity contribution >= 4 is 11.6 Å². The molecule has 1 unspecified atom stereocenters. The molecule has 0 aromatic heterocycles. The van der Waals surface area contributed by atoms with E-state index in [-0.39, 0.29) is 12.1 Å². The number of carbonyl (C=O) groups excluding carboxylic acids is 1. The van der Waals surface area contributed by atoms with Gasteiger partial charge in [0.25, 0.3) is 0 Å². The van der Waals surface area contributed by atoms with Crippen molar-refractivity contribution < 1.29 is 9.53 Å². The second-order valence-corrected chi connectivity index (χ2v) is 4.25. The molecule has 0 spiro atoms. The van der Waals surface area contributed by atoms with E-state index in [9.17, 15) is 4.79 Å². The Morgan fingerprint density at radius 2 is 2.18 bits per heavy atom. The van der Waals surface area contributed by atoms with Crippen LogP contribution in [0.3, 0.4) is 0 Å². The molecule has 0 aliphatic carbocycles. The highest BCUT2D eigenvalue weighted by molar-refractivity contribution is 5.95. The minimum Gasteiger partial charge on any atom is -0.362 e. The number of hydrogen-bond acceptors (Lipinski definition) is 3. The Kier molecular flexibility index (Phi) is 3.45. The summed E-state index contributed by atoms with van der Waals surface area (Å²) in [7, 11) is 5.37. The van der Waals surface area contributed by atoms with E-state index in [4.69, 9.17) is 4.74 Å². The Balaban J connectivity index is 2.35. The van der Waals surface area contributed by atoms with Gasteiger partial charge >= 0.3 is 0 Å². The lowest BCUT2D eigenvalue weighted by molar-refractivity contribution is -0.118. The summed E-state index contributed by atoms with van der Waals surface area (Å²) in [5.41, 5.74) is 3.31. The first kappa shape index (κ1) is 12.1. The zero-order valence-corrected chi connectivity index (χ0v) is 10.5. The summed E-state index contributed by atoms with van der Waals surface area (Å²) in [6.07, 6.45) is 1.31. The number of aryl methyl sites for hydroxylation is 1. The molecule has 0 saturated heterocycles. The molecule has 0 radical (unpaired) electrons. The average molecular weight is 234 g/mol. The van der Waals surface area contributed by atoms with E-state index in [1.54, 1.807) is 12.0 Å². The van der Waals surface area contributed by atoms with Crippen molar-refractivity contribution in [3.63, 3.8) is 0 Å². The van der Waals surface area contributed by atoms with Gasteiger partial charge in [-0.25, -0.2) is 0 Å². The fourth-order valence-corrected chi connectivity index (χ4v) is 2.26. The summed E-state index contributed by atoms with van der Waals surface area (Å²) in [5, 5.41) is 3.09. The van der Waals surface area contributed by atoms with E-state index >= 15 is 0 Å². The minimum atomic E-state index is -0.0942. The normalized spacial score (nSPS) is 16.9. The lowest BCUT2D eigenvalue weighted by Gasteiger charge is -2.27. The maximum atomic E-state index is 11.6. The van der Waals surface area contributed by atoms with Crippen LogP contribution in [0.25, 0.3) is 0 Å². The van der Waals surface area contributed by atoms with Crippen LogP contribution < -0.4 is 10.2 Å². The molecule has 0 saturated carbocycles. The van der Waals surface area contributed by atoms with Crippen LogP contribution in [-0.2, 0) is 16.0 Å². The maximum absolute atomic E-state index is 11.6. The van der Waals surface area contributed by atoms with E-state index in [0.717, 1.165) is 17.7 Å². The Bertz CT molecular complexity index is 427. The number of fused-ring (bicyclic) bond motifs is 1. The second-order valence-electron chi connectivity index (χ2n) is 4.25. The van der Waals surface area contributed by atoms with Crippen LogP contribution in [0.2, 0.25) is 0 Å². The highest BCUT2D eigenvalue weighted by Gasteiger charge is 2.21. The molecule has 17 heavy (non-hydrogen) atoms. The number of anilines is 1. The van der Waals surface area contributed by atoms with Crippen molar-refractivity contribution in [2.24, 2.45) is 0 Å². The van der Waals surface area contributed by atoms with E-state index < -0.39 is 0 Å². The molecule has 1 aliphatic heterocycles. The van der Waals surface area contributed by atoms with E-state index in [1.165, 1.54) is 5.56 Å². The van der Waals surface area contributed by atoms with Crippen molar-refractivity contribution in [2.45, 2.75) is 19.1 Å². The predicted molar refractivity (Wildman–Crippen MR) is 67.0 cm³/mol. The molecule has 1 amide bonds. The highest BCUT2D eigenvalue weighted by atomic mass is 16.5. The quantitative estimate of drug-likeness (QED) is 0.805. The van der Waals surface area contributed by atoms with Gasteiger partial charge in [0.2, 0.25) is 5.91 Å². The summed E-state index contributed by atoms with van der Waals surface area (Å²) in [4.78, 5) is 13.3. The van der Waals surface area contributed by atoms with Gasteiger partial charge in [-0.05, 0) is 36.7 Å². The summed E-state index contributed by atoms with van der Waals surface area (Å²) in [6, 6.07) is 6.10. The Labute approximate surface area is 102 Å². The number of carbonyl (C=O) groups is 1. The van der Waals surface area contributed by atoms with Crippen molar-refractivity contribution in [1.29, 1.82) is 0 Å². The predicted octanol–water partition coefficient (Wildman–Crippen LogP) is 1.46. The van der Waals surface area contributed by atoms with Crippen molar-refractivity contribution in [1.82, 2.24) is 5.32 Å². The zero-order valence-electron chi connectivity index (χ0n) is 10.5. The van der Waals surface area contributed by atoms with Gasteiger partial charge in [-0.3, -0.25) is 10.1 Å². The number of amides is 1. The number of nitrogens with zero attached hydrogens (tertiary/aromatic N) is 1. The van der Waals surface area contributed by atoms with Gasteiger partial charge < -0.3 is 9.64 Å². The first-order valence-corrected chi connectivity index (χ1v) is 5.76. The van der Waals surface area contributed by atoms with Gasteiger partial charge in [0.15, 0.2) is 0 Å². The zero-order chi connectivity index (χ0) is 12.4. The number of benzene rings is 1. The van der Waals surface area contributed by atoms with Gasteiger partial charge in [0, 0.05) is 26.3 Å². The molecule has 1 atom stereocenters. The Hall–Kier alpha value is -1.39. The van der Waals surface area contributed by atoms with Crippen LogP contribution in [0.4, 0.5) is 5.69 Å². The van der Waals surface area contributed by atoms with Crippen LogP contribution >= 0.6 is 0 Å². The number of nitrogens with one attached hydrogen (secondary N) is 1. The fraction of sp³-hybridized carbons (Fsp3) is 0.462. The largest absolute Gasteiger partial charge is 0.362 e. The van der Waals surface area contributed by atoms with Gasteiger partial charge in [0.05, 0.1) is 0 Å². The molecule has 1 heterocycles. The van der Waals surface area contributed by atoms with E-state index in [2.05, 4.69) is 11.4 Å². The molecule has 1 aromatic rings. The molecule has 4 heteroatoms. The number of methoxy groups -OCH3 is 1. The molecule has 1 aromatic carbocycles. The first-order valence-electron chi connectivity index (χ1n) is 5.76. The smallest absolute Gasteiger partial charge is 0.227 e. The van der Waals surface area contributed by atoms with Crippen molar-refractivity contribution in [3.05, 3.63) is 29.3 Å². The molecule has 0 fully saturated rings. The third-order valence-electron chi connectivity index (χ3n) is 3.25. The lowest BCUT2D eigenvalue weighted by Crippen LogP contribution is -2.31. The number of hydrogen-bond donors (Lipinski definition) is 1. The fourth-order valence-electron chi connectivity index (χ4n) is 2.26. The molecule has 2 rings (SSSR count). The van der Waals surface area contributed by atoms with Gasteiger partial charge in [-0.15, -0.1) is 0 Å². The van der Waals surface area contributed by atoms with Crippen LogP contribution in [0.5, 0.6) is 0 Å². The summed E-state index contributed by atoms with van der Waals surface area (Å²) < 4.78 is 5.33. The molecule has 1 N–H and O–H groups in total. The first-order chi connectivity index (χ1) is 8.17. The lowest BCUT2D eigenvalue weighted by atomic mass is 9.98. The van der Waals surface area contributed by atoms with Crippen LogP contribution in [0, 0.1) is 0 Å². The molecule has 1 aliphatic rings. The number of ether oxygens (including phenoxy) is 1. The third-order valence-corrected chi connectivity index (χ3v) is 3.25. The number of rotatable bonds is 3. The SMILES string of the molecule is CNC(OC)c1ccc2c(c1)CCC(=O)N2C. The van der Waals surface area contributed by atoms with Crippen molar-refractivity contribution in [2.75, 3.05) is 26.1 Å². The molecular weight excluding hydrogens is 216 g/mol. The van der Waals surface area contributed by atoms with Gasteiger partial charge in [0.1, 0.15) is 6.23 Å². The Morgan fingerprint density at radius 1 is 1.41 bits per heavy atom. The minimum absolute atomic E-state index is 0.0942. The van der Waals surface area contributed by atoms with Crippen molar-refractivity contribution in [3.8, 4) is 0 Å². The topological polar surface area (TPSA) is 41.6 Å². The monoisotopic (exact) mass is 234 g/mol. The van der Waals surface area contributed by atoms with E-state index in [0.29, 0.717) is 6.42 Å². The third kappa shape index (κ3) is 2.18. The summed E-state index contributed by atoms with van der Waals surface area (Å²) >= 11 is 0. The standard InChI is InChI=1S/C13H18N2O2/c1-14-13(17-3)10-4-6-11-9(8-10)5-7-12(16)15(11)2/h4,6,8,13-14H,5,7H2,1-3H3. The Morgan fingerprint density at radius 3 is 2.82 bits per heavy atom. The van der Waals surface area contributed by atoms with Crippen LogP contribution in [-0.4, -0.2) is 27.1 Å². The summed E-state index contributed by atoms with van der Waals surface area (Å²) in [6.45, 7) is 0. The van der Waals surface area contributed by atoms with Crippen LogP contribution in [0.1, 0.15) is 23.8 Å². The highest BCUT2D eigenvalue weighted by Crippen LogP contribution is 2.29. The average Bonchev–Trinajstić information content (AvgIpc) is 2.35. The van der Waals surface area contributed by atoms with E-state index in [1.807, 2.05) is 26.2 Å². The molecule has 4 nitrogen and oxygen atoms in total. The van der Waals surface area contributed by atoms with Gasteiger partial charge in [-0.2, -0.15) is 0 Å². The molecular formula is C13H18N2O2. The maximum Gasteiger partial charge on any atom is 0.227 e. The summed E-state index contributed by atoms with van der Waals surface area (Å²) in [5.74, 6) is 0.183. The molecule has 92 valence electrons.